The van der Waals surface area contributed by atoms with Crippen LogP contribution in [-0.2, 0) is 0 Å². The van der Waals surface area contributed by atoms with Gasteiger partial charge in [0.15, 0.2) is 0 Å². The molecule has 4 rings (SSSR count). The Bertz CT molecular complexity index is 1170. The number of nitrogens with zero attached hydrogens (tertiary/aromatic N) is 4. The average molecular weight is 413 g/mol. The zero-order chi connectivity index (χ0) is 19.8. The molecule has 0 unspecified atom stereocenters. The smallest absolute Gasteiger partial charge is 0.857 e. The number of H-pyrrole nitrogens is 2. The van der Waals surface area contributed by atoms with Crippen LogP contribution in [0.3, 0.4) is 0 Å². The summed E-state index contributed by atoms with van der Waals surface area (Å²) in [5, 5.41) is 9.48. The molecule has 0 radical (unpaired) electrons. The fourth-order valence-corrected chi connectivity index (χ4v) is 2.17. The fraction of sp³-hybridized carbons (Fsp3) is 0.125. The minimum atomic E-state index is -0.204. The minimum Gasteiger partial charge on any atom is -0.857 e. The number of pyridine rings is 2. The summed E-state index contributed by atoms with van der Waals surface area (Å²) in [7, 11) is 2.25. The van der Waals surface area contributed by atoms with Gasteiger partial charge in [0.25, 0.3) is 11.1 Å². The van der Waals surface area contributed by atoms with Gasteiger partial charge in [0, 0.05) is 6.07 Å². The van der Waals surface area contributed by atoms with Crippen molar-refractivity contribution < 1.29 is 39.4 Å². The molecule has 0 spiro atoms. The molecular formula is C16H14ClN6NaO4. The van der Waals surface area contributed by atoms with Crippen LogP contribution in [0.5, 0.6) is 5.88 Å². The molecule has 0 fully saturated rings. The van der Waals surface area contributed by atoms with Gasteiger partial charge < -0.3 is 19.8 Å². The molecule has 0 bridgehead atoms. The molecule has 12 heteroatoms. The van der Waals surface area contributed by atoms with E-state index in [2.05, 4.69) is 29.9 Å². The van der Waals surface area contributed by atoms with Crippen LogP contribution in [-0.4, -0.2) is 44.1 Å². The van der Waals surface area contributed by atoms with Crippen LogP contribution < -0.4 is 50.5 Å². The van der Waals surface area contributed by atoms with E-state index in [4.69, 9.17) is 21.4 Å². The molecule has 28 heavy (non-hydrogen) atoms. The number of methoxy groups -OCH3 is 1. The topological polar surface area (TPSA) is 150 Å². The van der Waals surface area contributed by atoms with E-state index in [9.17, 15) is 9.59 Å². The summed E-state index contributed by atoms with van der Waals surface area (Å²) >= 11 is 5.60. The van der Waals surface area contributed by atoms with Crippen LogP contribution in [0.15, 0.2) is 46.8 Å². The number of ether oxygens (including phenoxy) is 1. The van der Waals surface area contributed by atoms with Gasteiger partial charge in [-0.05, 0) is 6.07 Å². The zero-order valence-corrected chi connectivity index (χ0v) is 18.0. The van der Waals surface area contributed by atoms with Crippen LogP contribution in [0.1, 0.15) is 0 Å². The number of fused-ring (bicyclic) bond motifs is 2. The molecule has 0 atom stereocenters. The molecule has 4 heterocycles. The molecule has 0 aliphatic heterocycles. The van der Waals surface area contributed by atoms with Gasteiger partial charge in [-0.1, -0.05) is 11.6 Å². The Labute approximate surface area is 185 Å². The number of hydrogen-bond acceptors (Lipinski definition) is 8. The van der Waals surface area contributed by atoms with Crippen molar-refractivity contribution >= 4 is 33.4 Å². The van der Waals surface area contributed by atoms with Gasteiger partial charge in [0.05, 0.1) is 54.0 Å². The van der Waals surface area contributed by atoms with Crippen molar-refractivity contribution in [3.8, 4) is 5.88 Å². The Morgan fingerprint density at radius 3 is 1.93 bits per heavy atom. The Morgan fingerprint density at radius 1 is 0.893 bits per heavy atom. The van der Waals surface area contributed by atoms with E-state index in [1.54, 1.807) is 6.07 Å². The van der Waals surface area contributed by atoms with Crippen molar-refractivity contribution in [2.75, 3.05) is 14.2 Å². The van der Waals surface area contributed by atoms with Crippen LogP contribution >= 0.6 is 11.6 Å². The van der Waals surface area contributed by atoms with Crippen molar-refractivity contribution in [2.45, 2.75) is 0 Å². The van der Waals surface area contributed by atoms with Crippen LogP contribution in [0, 0.1) is 0 Å². The van der Waals surface area contributed by atoms with Gasteiger partial charge in [0.2, 0.25) is 5.88 Å². The van der Waals surface area contributed by atoms with Gasteiger partial charge in [-0.15, -0.1) is 0 Å². The quantitative estimate of drug-likeness (QED) is 0.253. The van der Waals surface area contributed by atoms with Crippen molar-refractivity contribution in [2.24, 2.45) is 0 Å². The number of rotatable bonds is 1. The van der Waals surface area contributed by atoms with E-state index < -0.39 is 0 Å². The summed E-state index contributed by atoms with van der Waals surface area (Å²) in [5.74, 6) is 0.408. The maximum Gasteiger partial charge on any atom is 1.00 e. The maximum atomic E-state index is 11.3. The van der Waals surface area contributed by atoms with Crippen molar-refractivity contribution in [1.82, 2.24) is 29.9 Å². The van der Waals surface area contributed by atoms with Crippen molar-refractivity contribution in [3.05, 3.63) is 63.0 Å². The largest absolute Gasteiger partial charge is 1.00 e. The molecule has 0 aromatic carbocycles. The molecule has 0 amide bonds. The third-order valence-electron chi connectivity index (χ3n) is 3.20. The predicted molar refractivity (Wildman–Crippen MR) is 97.8 cm³/mol. The molecule has 10 nitrogen and oxygen atoms in total. The monoisotopic (exact) mass is 412 g/mol. The average Bonchev–Trinajstić information content (AvgIpc) is 2.71. The number of nitrogens with one attached hydrogen (secondary N) is 2. The molecule has 0 aliphatic carbocycles. The van der Waals surface area contributed by atoms with E-state index in [1.165, 1.54) is 38.2 Å². The number of hydrogen-bond donors (Lipinski definition) is 2. The van der Waals surface area contributed by atoms with Crippen LogP contribution in [0.4, 0.5) is 0 Å². The first-order valence-corrected chi connectivity index (χ1v) is 7.73. The molecule has 4 aromatic heterocycles. The number of aromatic amines is 2. The van der Waals surface area contributed by atoms with Crippen molar-refractivity contribution in [1.29, 1.82) is 0 Å². The summed E-state index contributed by atoms with van der Waals surface area (Å²) in [6, 6.07) is 3.05. The Morgan fingerprint density at radius 2 is 1.39 bits per heavy atom. The first kappa shape index (κ1) is 23.7. The molecular weight excluding hydrogens is 399 g/mol. The Hall–Kier alpha value is -2.37. The van der Waals surface area contributed by atoms with Gasteiger partial charge in [-0.3, -0.25) is 9.59 Å². The molecule has 0 saturated heterocycles. The number of halogens is 1. The zero-order valence-electron chi connectivity index (χ0n) is 15.3. The molecule has 0 aliphatic rings. The fourth-order valence-electron chi connectivity index (χ4n) is 2.01. The Kier molecular flexibility index (Phi) is 9.69. The first-order valence-electron chi connectivity index (χ1n) is 7.35. The second-order valence-electron chi connectivity index (χ2n) is 4.73. The number of aromatic nitrogens is 6. The van der Waals surface area contributed by atoms with Crippen LogP contribution in [0.25, 0.3) is 21.8 Å². The molecule has 140 valence electrons. The first-order chi connectivity index (χ1) is 13.1. The summed E-state index contributed by atoms with van der Waals surface area (Å²) < 4.78 is 4.89. The third-order valence-corrected chi connectivity index (χ3v) is 3.41. The van der Waals surface area contributed by atoms with Gasteiger partial charge in [-0.2, -0.15) is 7.11 Å². The minimum absolute atomic E-state index is 0. The van der Waals surface area contributed by atoms with Gasteiger partial charge in [0.1, 0.15) is 5.15 Å². The summed E-state index contributed by atoms with van der Waals surface area (Å²) in [6.07, 6.45) is 5.65. The second kappa shape index (κ2) is 11.5. The Balaban J connectivity index is 0.000000250. The standard InChI is InChI=1S/C8H7N3O2.C7H4ClN3O.CH3O.Na/c1-13-7-2-5-6(3-9-7)10-4-11-8(5)12;8-6-1-4-5(2-9-6)10-3-11-7(4)12;1-2;/h2-4H,1H3,(H,10,11,12);1-3H,(H,10,11,12);1H3;/q;;-1;+1. The molecule has 4 aromatic rings. The maximum absolute atomic E-state index is 11.3. The molecule has 2 N–H and O–H groups in total. The summed E-state index contributed by atoms with van der Waals surface area (Å²) in [6.45, 7) is 0. The summed E-state index contributed by atoms with van der Waals surface area (Å²) in [5.41, 5.74) is 0.711. The van der Waals surface area contributed by atoms with Gasteiger partial charge >= 0.3 is 29.6 Å². The van der Waals surface area contributed by atoms with E-state index >= 15 is 0 Å². The second-order valence-corrected chi connectivity index (χ2v) is 5.12. The van der Waals surface area contributed by atoms with E-state index in [-0.39, 0.29) is 40.7 Å². The van der Waals surface area contributed by atoms with E-state index in [1.807, 2.05) is 0 Å². The normalized spacial score (nSPS) is 9.43. The van der Waals surface area contributed by atoms with E-state index in [0.29, 0.717) is 32.8 Å². The summed E-state index contributed by atoms with van der Waals surface area (Å²) in [4.78, 5) is 42.9. The van der Waals surface area contributed by atoms with Crippen molar-refractivity contribution in [3.63, 3.8) is 0 Å². The predicted octanol–water partition coefficient (Wildman–Crippen LogP) is -2.72. The SMILES string of the molecule is COc1cc2c(=O)[nH]cnc2cn1.C[O-].O=c1[nH]cnc2cnc(Cl)cc12.[Na+]. The van der Waals surface area contributed by atoms with Crippen LogP contribution in [0.2, 0.25) is 5.15 Å². The van der Waals surface area contributed by atoms with E-state index in [0.717, 1.165) is 7.11 Å². The molecule has 0 saturated carbocycles. The third kappa shape index (κ3) is 5.81. The van der Waals surface area contributed by atoms with Gasteiger partial charge in [-0.25, -0.2) is 19.9 Å².